The first-order valence-electron chi connectivity index (χ1n) is 8.02. The van der Waals surface area contributed by atoms with E-state index in [1.54, 1.807) is 23.9 Å². The van der Waals surface area contributed by atoms with E-state index in [1.807, 2.05) is 42.2 Å². The molecule has 0 radical (unpaired) electrons. The molecule has 1 saturated heterocycles. The fraction of sp³-hybridized carbons (Fsp3) is 0.333. The smallest absolute Gasteiger partial charge is 0.246 e. The van der Waals surface area contributed by atoms with Gasteiger partial charge in [-0.15, -0.1) is 0 Å². The van der Waals surface area contributed by atoms with E-state index in [1.165, 1.54) is 0 Å². The number of aromatic nitrogens is 2. The first-order valence-corrected chi connectivity index (χ1v) is 8.40. The zero-order valence-corrected chi connectivity index (χ0v) is 14.6. The van der Waals surface area contributed by atoms with Gasteiger partial charge in [-0.2, -0.15) is 5.10 Å². The van der Waals surface area contributed by atoms with Gasteiger partial charge in [0.05, 0.1) is 5.69 Å². The molecule has 0 bridgehead atoms. The van der Waals surface area contributed by atoms with Crippen LogP contribution >= 0.6 is 11.6 Å². The van der Waals surface area contributed by atoms with Gasteiger partial charge >= 0.3 is 0 Å². The highest BCUT2D eigenvalue weighted by atomic mass is 35.5. The van der Waals surface area contributed by atoms with E-state index >= 15 is 0 Å². The Hall–Kier alpha value is -2.27. The topological polar surface area (TPSA) is 50.2 Å². The third kappa shape index (κ3) is 3.62. The number of carbonyl (C=O) groups excluding carboxylic acids is 1. The minimum Gasteiger partial charge on any atom is -0.380 e. The van der Waals surface area contributed by atoms with Gasteiger partial charge in [0.25, 0.3) is 0 Å². The number of halogens is 1. The second kappa shape index (κ2) is 7.09. The van der Waals surface area contributed by atoms with Crippen molar-refractivity contribution >= 4 is 29.3 Å². The molecule has 6 heteroatoms. The van der Waals surface area contributed by atoms with E-state index in [-0.39, 0.29) is 11.9 Å². The number of carbonyl (C=O) groups is 1. The third-order valence-electron chi connectivity index (χ3n) is 4.23. The predicted molar refractivity (Wildman–Crippen MR) is 97.0 cm³/mol. The highest BCUT2D eigenvalue weighted by molar-refractivity contribution is 6.31. The van der Waals surface area contributed by atoms with Gasteiger partial charge < -0.3 is 10.2 Å². The zero-order chi connectivity index (χ0) is 17.1. The summed E-state index contributed by atoms with van der Waals surface area (Å²) in [6.07, 6.45) is 4.28. The molecule has 0 aliphatic carbocycles. The van der Waals surface area contributed by atoms with Crippen molar-refractivity contribution in [2.24, 2.45) is 7.05 Å². The molecule has 1 N–H and O–H groups in total. The minimum atomic E-state index is 0.00619. The maximum Gasteiger partial charge on any atom is 0.246 e. The molecule has 3 rings (SSSR count). The molecule has 1 aliphatic rings. The second-order valence-electron chi connectivity index (χ2n) is 6.03. The third-order valence-corrected chi connectivity index (χ3v) is 4.68. The summed E-state index contributed by atoms with van der Waals surface area (Å²) >= 11 is 6.18. The van der Waals surface area contributed by atoms with Gasteiger partial charge in [0.15, 0.2) is 0 Å². The van der Waals surface area contributed by atoms with Gasteiger partial charge in [0, 0.05) is 43.5 Å². The Morgan fingerprint density at radius 1 is 1.38 bits per heavy atom. The largest absolute Gasteiger partial charge is 0.380 e. The molecular weight excluding hydrogens is 324 g/mol. The van der Waals surface area contributed by atoms with Crippen molar-refractivity contribution < 1.29 is 4.79 Å². The molecule has 24 heavy (non-hydrogen) atoms. The lowest BCUT2D eigenvalue weighted by atomic mass is 10.2. The monoisotopic (exact) mass is 344 g/mol. The van der Waals surface area contributed by atoms with Crippen molar-refractivity contribution in [3.8, 4) is 0 Å². The first-order chi connectivity index (χ1) is 11.5. The fourth-order valence-electron chi connectivity index (χ4n) is 2.94. The van der Waals surface area contributed by atoms with Crippen LogP contribution in [-0.4, -0.2) is 39.7 Å². The Balaban J connectivity index is 1.59. The molecule has 126 valence electrons. The van der Waals surface area contributed by atoms with Crippen molar-refractivity contribution in [1.82, 2.24) is 14.7 Å². The lowest BCUT2D eigenvalue weighted by molar-refractivity contribution is -0.124. The number of benzene rings is 1. The molecule has 1 aromatic carbocycles. The number of anilines is 1. The van der Waals surface area contributed by atoms with Crippen LogP contribution in [0.5, 0.6) is 0 Å². The molecule has 5 nitrogen and oxygen atoms in total. The van der Waals surface area contributed by atoms with Crippen molar-refractivity contribution in [3.63, 3.8) is 0 Å². The van der Waals surface area contributed by atoms with E-state index in [4.69, 9.17) is 11.6 Å². The maximum absolute atomic E-state index is 12.4. The summed E-state index contributed by atoms with van der Waals surface area (Å²) in [4.78, 5) is 14.2. The average molecular weight is 345 g/mol. The van der Waals surface area contributed by atoms with Crippen LogP contribution in [0, 0.1) is 6.92 Å². The number of hydrogen-bond acceptors (Lipinski definition) is 3. The number of rotatable bonds is 4. The lowest BCUT2D eigenvalue weighted by Gasteiger charge is -2.16. The van der Waals surface area contributed by atoms with E-state index in [2.05, 4.69) is 10.4 Å². The summed E-state index contributed by atoms with van der Waals surface area (Å²) < 4.78 is 1.61. The van der Waals surface area contributed by atoms with E-state index < -0.39 is 0 Å². The Morgan fingerprint density at radius 2 is 2.12 bits per heavy atom. The SMILES string of the molecule is Cc1nn(C)c(Cl)c1/C=C/C(=O)N1CCC(Nc2ccccc2)C1. The summed E-state index contributed by atoms with van der Waals surface area (Å²) in [5, 5.41) is 8.26. The van der Waals surface area contributed by atoms with E-state index in [9.17, 15) is 4.79 Å². The van der Waals surface area contributed by atoms with Crippen LogP contribution < -0.4 is 5.32 Å². The van der Waals surface area contributed by atoms with Crippen LogP contribution in [0.2, 0.25) is 5.15 Å². The quantitative estimate of drug-likeness (QED) is 0.867. The summed E-state index contributed by atoms with van der Waals surface area (Å²) in [7, 11) is 1.79. The lowest BCUT2D eigenvalue weighted by Crippen LogP contribution is -2.30. The Labute approximate surface area is 146 Å². The van der Waals surface area contributed by atoms with Gasteiger partial charge in [-0.05, 0) is 31.6 Å². The van der Waals surface area contributed by atoms with Crippen molar-refractivity contribution in [3.05, 3.63) is 52.8 Å². The Kier molecular flexibility index (Phi) is 4.90. The molecule has 2 aromatic rings. The van der Waals surface area contributed by atoms with Gasteiger partial charge in [0.2, 0.25) is 5.91 Å². The van der Waals surface area contributed by atoms with Crippen LogP contribution in [0.4, 0.5) is 5.69 Å². The molecule has 2 heterocycles. The summed E-state index contributed by atoms with van der Waals surface area (Å²) in [5.41, 5.74) is 2.70. The van der Waals surface area contributed by atoms with Gasteiger partial charge in [-0.25, -0.2) is 0 Å². The number of aryl methyl sites for hydroxylation is 2. The summed E-state index contributed by atoms with van der Waals surface area (Å²) in [6, 6.07) is 10.4. The highest BCUT2D eigenvalue weighted by Gasteiger charge is 2.24. The summed E-state index contributed by atoms with van der Waals surface area (Å²) in [5.74, 6) is 0.00619. The second-order valence-corrected chi connectivity index (χ2v) is 6.39. The van der Waals surface area contributed by atoms with Crippen LogP contribution in [0.25, 0.3) is 6.08 Å². The normalized spacial score (nSPS) is 17.6. The molecular formula is C18H21ClN4O. The minimum absolute atomic E-state index is 0.00619. The van der Waals surface area contributed by atoms with Crippen molar-refractivity contribution in [2.75, 3.05) is 18.4 Å². The van der Waals surface area contributed by atoms with Crippen LogP contribution in [0.1, 0.15) is 17.7 Å². The first kappa shape index (κ1) is 16.6. The maximum atomic E-state index is 12.4. The standard InChI is InChI=1S/C18H21ClN4O/c1-13-16(18(19)22(2)21-13)8-9-17(24)23-11-10-15(12-23)20-14-6-4-3-5-7-14/h3-9,15,20H,10-12H2,1-2H3/b9-8+. The average Bonchev–Trinajstić information content (AvgIpc) is 3.12. The highest BCUT2D eigenvalue weighted by Crippen LogP contribution is 2.21. The number of likely N-dealkylation sites (tertiary alicyclic amines) is 1. The van der Waals surface area contributed by atoms with Crippen LogP contribution in [0.15, 0.2) is 36.4 Å². The number of nitrogens with zero attached hydrogens (tertiary/aromatic N) is 3. The molecule has 1 fully saturated rings. The molecule has 1 aliphatic heterocycles. The Morgan fingerprint density at radius 3 is 2.79 bits per heavy atom. The number of para-hydroxylation sites is 1. The predicted octanol–water partition coefficient (Wildman–Crippen LogP) is 3.11. The molecule has 1 aromatic heterocycles. The number of amides is 1. The zero-order valence-electron chi connectivity index (χ0n) is 13.9. The van der Waals surface area contributed by atoms with Gasteiger partial charge in [-0.3, -0.25) is 9.48 Å². The molecule has 0 saturated carbocycles. The van der Waals surface area contributed by atoms with E-state index in [0.717, 1.165) is 29.9 Å². The number of hydrogen-bond donors (Lipinski definition) is 1. The number of nitrogens with one attached hydrogen (secondary N) is 1. The fourth-order valence-corrected chi connectivity index (χ4v) is 3.18. The molecule has 1 unspecified atom stereocenters. The van der Waals surface area contributed by atoms with Gasteiger partial charge in [-0.1, -0.05) is 29.8 Å². The molecule has 1 atom stereocenters. The van der Waals surface area contributed by atoms with Crippen molar-refractivity contribution in [1.29, 1.82) is 0 Å². The van der Waals surface area contributed by atoms with Crippen LogP contribution in [-0.2, 0) is 11.8 Å². The van der Waals surface area contributed by atoms with Gasteiger partial charge in [0.1, 0.15) is 5.15 Å². The molecule has 0 spiro atoms. The van der Waals surface area contributed by atoms with E-state index in [0.29, 0.717) is 11.7 Å². The molecule has 1 amide bonds. The van der Waals surface area contributed by atoms with Crippen molar-refractivity contribution in [2.45, 2.75) is 19.4 Å². The Bertz CT molecular complexity index is 754. The van der Waals surface area contributed by atoms with Crippen LogP contribution in [0.3, 0.4) is 0 Å². The summed E-state index contributed by atoms with van der Waals surface area (Å²) in [6.45, 7) is 3.34.